The molecule has 4 amide bonds. The lowest BCUT2D eigenvalue weighted by Gasteiger charge is -2.30. The molecule has 2 fully saturated rings. The van der Waals surface area contributed by atoms with Crippen LogP contribution in [-0.2, 0) is 24.7 Å². The number of imide groups is 1. The first kappa shape index (κ1) is 20.8. The first-order valence-electron chi connectivity index (χ1n) is 9.85. The van der Waals surface area contributed by atoms with Crippen LogP contribution < -0.4 is 5.32 Å². The second kappa shape index (κ2) is 8.23. The van der Waals surface area contributed by atoms with Gasteiger partial charge in [0.2, 0.25) is 0 Å². The Bertz CT molecular complexity index is 822. The number of likely N-dealkylation sites (tertiary alicyclic amines) is 1. The predicted octanol–water partition coefficient (Wildman–Crippen LogP) is 1.56. The van der Waals surface area contributed by atoms with Gasteiger partial charge in [-0.25, -0.2) is 4.79 Å². The highest BCUT2D eigenvalue weighted by molar-refractivity contribution is 6.08. The van der Waals surface area contributed by atoms with E-state index >= 15 is 0 Å². The average molecular weight is 401 g/mol. The molecule has 2 heterocycles. The van der Waals surface area contributed by atoms with Crippen LogP contribution in [0.2, 0.25) is 0 Å². The van der Waals surface area contributed by atoms with E-state index in [0.29, 0.717) is 24.6 Å². The van der Waals surface area contributed by atoms with Gasteiger partial charge in [0.15, 0.2) is 6.61 Å². The van der Waals surface area contributed by atoms with Crippen molar-refractivity contribution in [2.45, 2.75) is 39.2 Å². The topological polar surface area (TPSA) is 96.0 Å². The highest BCUT2D eigenvalue weighted by Gasteiger charge is 2.49. The summed E-state index contributed by atoms with van der Waals surface area (Å²) >= 11 is 0. The molecule has 1 aromatic rings. The number of nitrogens with one attached hydrogen (secondary N) is 1. The molecule has 1 N–H and O–H groups in total. The SMILES string of the molecule is Cc1ccc([C@]2(C)NC(=O)N(CC(=O)OCC(=O)N3CCC[C@@H](C)C3)C2=O)cc1. The number of hydrogen-bond acceptors (Lipinski definition) is 5. The van der Waals surface area contributed by atoms with E-state index in [1.807, 2.05) is 19.1 Å². The molecule has 1 aromatic carbocycles. The van der Waals surface area contributed by atoms with E-state index in [2.05, 4.69) is 12.2 Å². The third-order valence-electron chi connectivity index (χ3n) is 5.56. The Morgan fingerprint density at radius 2 is 1.93 bits per heavy atom. The van der Waals surface area contributed by atoms with Crippen LogP contribution in [0.4, 0.5) is 4.79 Å². The van der Waals surface area contributed by atoms with Crippen LogP contribution in [0, 0.1) is 12.8 Å². The molecule has 8 heteroatoms. The number of aryl methyl sites for hydroxylation is 1. The minimum Gasteiger partial charge on any atom is -0.454 e. The minimum atomic E-state index is -1.25. The Hall–Kier alpha value is -2.90. The summed E-state index contributed by atoms with van der Waals surface area (Å²) in [6, 6.07) is 6.58. The van der Waals surface area contributed by atoms with Gasteiger partial charge in [0.05, 0.1) is 0 Å². The Labute approximate surface area is 170 Å². The molecule has 8 nitrogen and oxygen atoms in total. The zero-order chi connectivity index (χ0) is 21.2. The van der Waals surface area contributed by atoms with Crippen LogP contribution in [0.15, 0.2) is 24.3 Å². The molecule has 2 atom stereocenters. The third-order valence-corrected chi connectivity index (χ3v) is 5.56. The van der Waals surface area contributed by atoms with Crippen LogP contribution in [-0.4, -0.2) is 59.9 Å². The van der Waals surface area contributed by atoms with Crippen LogP contribution in [0.1, 0.15) is 37.8 Å². The second-order valence-corrected chi connectivity index (χ2v) is 8.06. The Morgan fingerprint density at radius 1 is 1.24 bits per heavy atom. The van der Waals surface area contributed by atoms with Gasteiger partial charge in [0, 0.05) is 13.1 Å². The fraction of sp³-hybridized carbons (Fsp3) is 0.524. The lowest BCUT2D eigenvalue weighted by molar-refractivity contribution is -0.154. The monoisotopic (exact) mass is 401 g/mol. The van der Waals surface area contributed by atoms with Crippen molar-refractivity contribution in [3.8, 4) is 0 Å². The summed E-state index contributed by atoms with van der Waals surface area (Å²) in [4.78, 5) is 52.0. The van der Waals surface area contributed by atoms with Crippen molar-refractivity contribution in [2.24, 2.45) is 5.92 Å². The number of urea groups is 1. The van der Waals surface area contributed by atoms with Gasteiger partial charge >= 0.3 is 12.0 Å². The van der Waals surface area contributed by atoms with Crippen molar-refractivity contribution in [2.75, 3.05) is 26.2 Å². The number of amides is 4. The maximum atomic E-state index is 12.8. The maximum absolute atomic E-state index is 12.8. The van der Waals surface area contributed by atoms with E-state index in [1.165, 1.54) is 0 Å². The first-order valence-corrected chi connectivity index (χ1v) is 9.85. The highest BCUT2D eigenvalue weighted by atomic mass is 16.5. The summed E-state index contributed by atoms with van der Waals surface area (Å²) in [6.07, 6.45) is 2.01. The van der Waals surface area contributed by atoms with E-state index in [-0.39, 0.29) is 12.5 Å². The number of carbonyl (C=O) groups is 4. The quantitative estimate of drug-likeness (QED) is 0.597. The van der Waals surface area contributed by atoms with Crippen molar-refractivity contribution in [3.05, 3.63) is 35.4 Å². The normalized spacial score (nSPS) is 24.4. The Kier molecular flexibility index (Phi) is 5.91. The molecule has 2 saturated heterocycles. The maximum Gasteiger partial charge on any atom is 0.326 e. The minimum absolute atomic E-state index is 0.258. The van der Waals surface area contributed by atoms with Crippen molar-refractivity contribution in [1.82, 2.24) is 15.1 Å². The third kappa shape index (κ3) is 4.41. The first-order chi connectivity index (χ1) is 13.7. The number of rotatable bonds is 5. The number of benzene rings is 1. The molecule has 0 saturated carbocycles. The van der Waals surface area contributed by atoms with Gasteiger partial charge < -0.3 is 15.0 Å². The molecule has 0 aliphatic carbocycles. The van der Waals surface area contributed by atoms with E-state index in [0.717, 1.165) is 23.3 Å². The summed E-state index contributed by atoms with van der Waals surface area (Å²) in [5.74, 6) is -1.15. The van der Waals surface area contributed by atoms with Gasteiger partial charge in [0.25, 0.3) is 11.8 Å². The molecule has 2 aliphatic heterocycles. The number of nitrogens with zero attached hydrogens (tertiary/aromatic N) is 2. The van der Waals surface area contributed by atoms with Gasteiger partial charge in [0.1, 0.15) is 12.1 Å². The lowest BCUT2D eigenvalue weighted by atomic mass is 9.91. The van der Waals surface area contributed by atoms with Gasteiger partial charge in [-0.1, -0.05) is 36.8 Å². The summed E-state index contributed by atoms with van der Waals surface area (Å²) in [6.45, 7) is 5.99. The molecule has 3 rings (SSSR count). The van der Waals surface area contributed by atoms with Crippen molar-refractivity contribution >= 4 is 23.8 Å². The predicted molar refractivity (Wildman–Crippen MR) is 105 cm³/mol. The zero-order valence-corrected chi connectivity index (χ0v) is 17.1. The van der Waals surface area contributed by atoms with Gasteiger partial charge in [-0.15, -0.1) is 0 Å². The number of esters is 1. The lowest BCUT2D eigenvalue weighted by Crippen LogP contribution is -2.43. The summed E-state index contributed by atoms with van der Waals surface area (Å²) < 4.78 is 5.04. The number of piperidine rings is 1. The van der Waals surface area contributed by atoms with E-state index in [9.17, 15) is 19.2 Å². The van der Waals surface area contributed by atoms with Crippen LogP contribution in [0.3, 0.4) is 0 Å². The van der Waals surface area contributed by atoms with E-state index in [1.54, 1.807) is 24.0 Å². The molecule has 0 radical (unpaired) electrons. The molecule has 0 bridgehead atoms. The van der Waals surface area contributed by atoms with Crippen molar-refractivity contribution < 1.29 is 23.9 Å². The molecular weight excluding hydrogens is 374 g/mol. The van der Waals surface area contributed by atoms with Crippen LogP contribution >= 0.6 is 0 Å². The van der Waals surface area contributed by atoms with Gasteiger partial charge in [-0.05, 0) is 38.2 Å². The summed E-state index contributed by atoms with van der Waals surface area (Å²) in [5.41, 5.74) is 0.416. The molecule has 0 unspecified atom stereocenters. The zero-order valence-electron chi connectivity index (χ0n) is 17.1. The highest BCUT2D eigenvalue weighted by Crippen LogP contribution is 2.29. The number of hydrogen-bond donors (Lipinski definition) is 1. The van der Waals surface area contributed by atoms with Gasteiger partial charge in [-0.3, -0.25) is 19.3 Å². The number of carbonyl (C=O) groups excluding carboxylic acids is 4. The standard InChI is InChI=1S/C21H27N3O5/c1-14-6-8-16(9-7-14)21(3)19(27)24(20(28)22-21)12-18(26)29-13-17(25)23-10-4-5-15(2)11-23/h6-9,15H,4-5,10-13H2,1-3H3,(H,22,28)/t15-,21+/m1/s1. The fourth-order valence-corrected chi connectivity index (χ4v) is 3.75. The second-order valence-electron chi connectivity index (χ2n) is 8.06. The summed E-state index contributed by atoms with van der Waals surface area (Å²) in [7, 11) is 0. The Balaban J connectivity index is 1.57. The fourth-order valence-electron chi connectivity index (χ4n) is 3.75. The summed E-state index contributed by atoms with van der Waals surface area (Å²) in [5, 5.41) is 2.65. The largest absolute Gasteiger partial charge is 0.454 e. The molecular formula is C21H27N3O5. The van der Waals surface area contributed by atoms with Crippen molar-refractivity contribution in [1.29, 1.82) is 0 Å². The molecule has 0 spiro atoms. The van der Waals surface area contributed by atoms with E-state index < -0.39 is 30.0 Å². The van der Waals surface area contributed by atoms with Crippen LogP contribution in [0.5, 0.6) is 0 Å². The molecule has 2 aliphatic rings. The van der Waals surface area contributed by atoms with Gasteiger partial charge in [-0.2, -0.15) is 0 Å². The van der Waals surface area contributed by atoms with E-state index in [4.69, 9.17) is 4.74 Å². The molecule has 156 valence electrons. The number of ether oxygens (including phenoxy) is 1. The molecule has 29 heavy (non-hydrogen) atoms. The Morgan fingerprint density at radius 3 is 2.59 bits per heavy atom. The average Bonchev–Trinajstić information content (AvgIpc) is 2.90. The molecule has 0 aromatic heterocycles. The van der Waals surface area contributed by atoms with Crippen LogP contribution in [0.25, 0.3) is 0 Å². The smallest absolute Gasteiger partial charge is 0.326 e. The van der Waals surface area contributed by atoms with Crippen molar-refractivity contribution in [3.63, 3.8) is 0 Å².